The lowest BCUT2D eigenvalue weighted by molar-refractivity contribution is 0.102. The van der Waals surface area contributed by atoms with Crippen molar-refractivity contribution in [2.24, 2.45) is 0 Å². The topological polar surface area (TPSA) is 123 Å². The summed E-state index contributed by atoms with van der Waals surface area (Å²) >= 11 is 12.2. The highest BCUT2D eigenvalue weighted by Gasteiger charge is 2.27. The lowest BCUT2D eigenvalue weighted by atomic mass is 9.91. The predicted molar refractivity (Wildman–Crippen MR) is 127 cm³/mol. The molecule has 3 aromatic rings. The fourth-order valence-electron chi connectivity index (χ4n) is 4.11. The van der Waals surface area contributed by atoms with Crippen LogP contribution in [0.5, 0.6) is 0 Å². The number of nitrogens with zero attached hydrogens (tertiary/aromatic N) is 3. The highest BCUT2D eigenvalue weighted by atomic mass is 35.5. The molecule has 1 saturated carbocycles. The zero-order valence-corrected chi connectivity index (χ0v) is 19.9. The minimum atomic E-state index is -3.29. The van der Waals surface area contributed by atoms with Gasteiger partial charge in [-0.2, -0.15) is 0 Å². The maximum absolute atomic E-state index is 13.1. The molecule has 1 fully saturated rings. The Morgan fingerprint density at radius 2 is 1.82 bits per heavy atom. The van der Waals surface area contributed by atoms with E-state index < -0.39 is 21.4 Å². The summed E-state index contributed by atoms with van der Waals surface area (Å²) in [6.45, 7) is 0. The van der Waals surface area contributed by atoms with Gasteiger partial charge in [0.2, 0.25) is 15.5 Å². The summed E-state index contributed by atoms with van der Waals surface area (Å²) in [6, 6.07) is 3.06. The fourth-order valence-corrected chi connectivity index (χ4v) is 5.41. The van der Waals surface area contributed by atoms with Crippen LogP contribution in [0.25, 0.3) is 11.0 Å². The molecule has 0 spiro atoms. The van der Waals surface area contributed by atoms with Gasteiger partial charge in [-0.3, -0.25) is 14.6 Å². The van der Waals surface area contributed by atoms with Crippen LogP contribution < -0.4 is 15.5 Å². The second kappa shape index (κ2) is 9.38. The van der Waals surface area contributed by atoms with Gasteiger partial charge in [0.1, 0.15) is 11.2 Å². The van der Waals surface area contributed by atoms with E-state index in [2.05, 4.69) is 20.0 Å². The van der Waals surface area contributed by atoms with E-state index in [1.54, 1.807) is 18.3 Å². The monoisotopic (exact) mass is 509 g/mol. The standard InChI is InChI=1S/C21H21Cl2N5O4S/c1-33(31,32)27-12-4-6-13(7-5-12)28-11-15(19(29)14-3-2-8-25-20(14)28)21(30)26-18-16(22)9-24-10-17(18)23/h2-3,8-13,27H,4-7H2,1H3,(H,24,26,30)/t12-,13-. The Labute approximate surface area is 200 Å². The Morgan fingerprint density at radius 1 is 1.15 bits per heavy atom. The molecule has 9 nitrogen and oxygen atoms in total. The molecule has 3 aromatic heterocycles. The molecule has 0 aliphatic heterocycles. The molecule has 33 heavy (non-hydrogen) atoms. The summed E-state index contributed by atoms with van der Waals surface area (Å²) in [4.78, 5) is 34.4. The SMILES string of the molecule is CS(=O)(=O)N[C@H]1CC[C@H](n2cc(C(=O)Nc3c(Cl)cncc3Cl)c(=O)c3cccnc32)CC1. The fraction of sp³-hybridized carbons (Fsp3) is 0.333. The van der Waals surface area contributed by atoms with Crippen molar-refractivity contribution in [1.29, 1.82) is 0 Å². The molecule has 1 amide bonds. The number of amides is 1. The van der Waals surface area contributed by atoms with Crippen molar-refractivity contribution < 1.29 is 13.2 Å². The first-order chi connectivity index (χ1) is 15.6. The van der Waals surface area contributed by atoms with Crippen LogP contribution in [0.4, 0.5) is 5.69 Å². The number of anilines is 1. The molecule has 174 valence electrons. The van der Waals surface area contributed by atoms with Crippen LogP contribution in [0.15, 0.2) is 41.7 Å². The Balaban J connectivity index is 1.69. The molecule has 0 unspecified atom stereocenters. The molecule has 4 rings (SSSR count). The minimum Gasteiger partial charge on any atom is -0.328 e. The van der Waals surface area contributed by atoms with Gasteiger partial charge in [-0.1, -0.05) is 23.2 Å². The van der Waals surface area contributed by atoms with Gasteiger partial charge in [0.15, 0.2) is 0 Å². The van der Waals surface area contributed by atoms with Crippen molar-refractivity contribution in [3.8, 4) is 0 Å². The smallest absolute Gasteiger partial charge is 0.261 e. The molecule has 3 heterocycles. The molecule has 1 aliphatic rings. The number of carbonyl (C=O) groups excluding carboxylic acids is 1. The van der Waals surface area contributed by atoms with Crippen LogP contribution in [0.1, 0.15) is 42.1 Å². The average Bonchev–Trinajstić information content (AvgIpc) is 2.76. The number of nitrogens with one attached hydrogen (secondary N) is 2. The van der Waals surface area contributed by atoms with Gasteiger partial charge >= 0.3 is 0 Å². The molecule has 0 aromatic carbocycles. The Hall–Kier alpha value is -2.53. The summed E-state index contributed by atoms with van der Waals surface area (Å²) in [6.07, 6.45) is 9.49. The molecular formula is C21H21Cl2N5O4S. The summed E-state index contributed by atoms with van der Waals surface area (Å²) in [5, 5.41) is 3.22. The average molecular weight is 510 g/mol. The van der Waals surface area contributed by atoms with Crippen molar-refractivity contribution in [2.45, 2.75) is 37.8 Å². The van der Waals surface area contributed by atoms with Gasteiger partial charge in [-0.05, 0) is 37.8 Å². The first-order valence-electron chi connectivity index (χ1n) is 10.2. The first kappa shape index (κ1) is 23.6. The number of aromatic nitrogens is 3. The van der Waals surface area contributed by atoms with Crippen molar-refractivity contribution in [2.75, 3.05) is 11.6 Å². The van der Waals surface area contributed by atoms with E-state index >= 15 is 0 Å². The molecule has 1 aliphatic carbocycles. The van der Waals surface area contributed by atoms with E-state index in [1.807, 2.05) is 4.57 Å². The lowest BCUT2D eigenvalue weighted by Crippen LogP contribution is -2.37. The highest BCUT2D eigenvalue weighted by Crippen LogP contribution is 2.32. The second-order valence-corrected chi connectivity index (χ2v) is 10.6. The number of carbonyl (C=O) groups is 1. The molecule has 0 saturated heterocycles. The molecule has 2 N–H and O–H groups in total. The number of halogens is 2. The quantitative estimate of drug-likeness (QED) is 0.543. The second-order valence-electron chi connectivity index (χ2n) is 7.98. The summed E-state index contributed by atoms with van der Waals surface area (Å²) in [5.41, 5.74) is 0.109. The Morgan fingerprint density at radius 3 is 2.45 bits per heavy atom. The first-order valence-corrected chi connectivity index (χ1v) is 12.9. The molecule has 12 heteroatoms. The number of rotatable bonds is 5. The third-order valence-electron chi connectivity index (χ3n) is 5.60. The molecule has 0 radical (unpaired) electrons. The molecule has 0 atom stereocenters. The van der Waals surface area contributed by atoms with Crippen molar-refractivity contribution >= 4 is 55.9 Å². The zero-order valence-electron chi connectivity index (χ0n) is 17.6. The number of hydrogen-bond acceptors (Lipinski definition) is 6. The van der Waals surface area contributed by atoms with E-state index in [9.17, 15) is 18.0 Å². The van der Waals surface area contributed by atoms with Crippen LogP contribution in [-0.4, -0.2) is 41.2 Å². The maximum atomic E-state index is 13.1. The van der Waals surface area contributed by atoms with Crippen LogP contribution >= 0.6 is 23.2 Å². The highest BCUT2D eigenvalue weighted by molar-refractivity contribution is 7.88. The van der Waals surface area contributed by atoms with Gasteiger partial charge in [-0.15, -0.1) is 0 Å². The van der Waals surface area contributed by atoms with Crippen molar-refractivity contribution in [1.82, 2.24) is 19.3 Å². The van der Waals surface area contributed by atoms with Gasteiger partial charge in [-0.25, -0.2) is 18.1 Å². The van der Waals surface area contributed by atoms with Crippen molar-refractivity contribution in [3.05, 3.63) is 62.8 Å². The summed E-state index contributed by atoms with van der Waals surface area (Å²) < 4.78 is 27.6. The number of fused-ring (bicyclic) bond motifs is 1. The summed E-state index contributed by atoms with van der Waals surface area (Å²) in [7, 11) is -3.29. The normalized spacial score (nSPS) is 18.9. The van der Waals surface area contributed by atoms with E-state index in [1.165, 1.54) is 18.6 Å². The van der Waals surface area contributed by atoms with Gasteiger partial charge in [0.05, 0.1) is 27.4 Å². The maximum Gasteiger partial charge on any atom is 0.261 e. The van der Waals surface area contributed by atoms with Gasteiger partial charge in [0.25, 0.3) is 5.91 Å². The third kappa shape index (κ3) is 5.19. The number of sulfonamides is 1. The van der Waals surface area contributed by atoms with E-state index in [0.29, 0.717) is 36.7 Å². The van der Waals surface area contributed by atoms with Crippen molar-refractivity contribution in [3.63, 3.8) is 0 Å². The third-order valence-corrected chi connectivity index (χ3v) is 6.93. The van der Waals surface area contributed by atoms with Crippen LogP contribution in [0, 0.1) is 0 Å². The Kier molecular flexibility index (Phi) is 6.71. The zero-order chi connectivity index (χ0) is 23.8. The van der Waals surface area contributed by atoms with Gasteiger partial charge < -0.3 is 9.88 Å². The minimum absolute atomic E-state index is 0.0553. The number of hydrogen-bond donors (Lipinski definition) is 2. The molecule has 0 bridgehead atoms. The van der Waals surface area contributed by atoms with Crippen LogP contribution in [-0.2, 0) is 10.0 Å². The Bertz CT molecular complexity index is 1360. The van der Waals surface area contributed by atoms with Crippen LogP contribution in [0.3, 0.4) is 0 Å². The largest absolute Gasteiger partial charge is 0.328 e. The number of pyridine rings is 3. The van der Waals surface area contributed by atoms with E-state index in [-0.39, 0.29) is 33.4 Å². The van der Waals surface area contributed by atoms with E-state index in [0.717, 1.165) is 6.26 Å². The van der Waals surface area contributed by atoms with Gasteiger partial charge in [0, 0.05) is 36.9 Å². The summed E-state index contributed by atoms with van der Waals surface area (Å²) in [5.74, 6) is -0.651. The van der Waals surface area contributed by atoms with Crippen LogP contribution in [0.2, 0.25) is 10.0 Å². The van der Waals surface area contributed by atoms with E-state index in [4.69, 9.17) is 23.2 Å². The lowest BCUT2D eigenvalue weighted by Gasteiger charge is -2.31. The molecular weight excluding hydrogens is 489 g/mol. The predicted octanol–water partition coefficient (Wildman–Crippen LogP) is 3.38.